The molecule has 90 valence electrons. The van der Waals surface area contributed by atoms with Crippen molar-refractivity contribution < 1.29 is 4.74 Å². The molecule has 3 N–H and O–H groups in total. The molecule has 1 aliphatic rings. The summed E-state index contributed by atoms with van der Waals surface area (Å²) >= 11 is 1.80. The highest BCUT2D eigenvalue weighted by Gasteiger charge is 2.42. The molecule has 0 aliphatic heterocycles. The average molecular weight is 240 g/mol. The second-order valence-corrected chi connectivity index (χ2v) is 5.84. The Hall–Kier alpha value is -0.420. The first-order valence-electron chi connectivity index (χ1n) is 5.79. The maximum atomic E-state index is 5.78. The van der Waals surface area contributed by atoms with Crippen molar-refractivity contribution in [1.82, 2.24) is 5.43 Å². The highest BCUT2D eigenvalue weighted by Crippen LogP contribution is 2.43. The number of hydrogen-bond donors (Lipinski definition) is 2. The van der Waals surface area contributed by atoms with E-state index in [0.29, 0.717) is 0 Å². The third-order valence-corrected chi connectivity index (χ3v) is 4.66. The average Bonchev–Trinajstić information content (AvgIpc) is 2.90. The van der Waals surface area contributed by atoms with Crippen LogP contribution < -0.4 is 11.3 Å². The normalized spacial score (nSPS) is 21.2. The summed E-state index contributed by atoms with van der Waals surface area (Å²) < 4.78 is 5.78. The van der Waals surface area contributed by atoms with Gasteiger partial charge in [0, 0.05) is 16.9 Å². The molecule has 1 atom stereocenters. The van der Waals surface area contributed by atoms with Gasteiger partial charge in [-0.15, -0.1) is 11.3 Å². The summed E-state index contributed by atoms with van der Waals surface area (Å²) in [6.45, 7) is 2.12. The molecule has 1 aromatic heterocycles. The summed E-state index contributed by atoms with van der Waals surface area (Å²) in [5.41, 5.74) is 2.85. The predicted octanol–water partition coefficient (Wildman–Crippen LogP) is 2.52. The van der Waals surface area contributed by atoms with E-state index < -0.39 is 0 Å². The zero-order chi connectivity index (χ0) is 11.6. The fraction of sp³-hybridized carbons (Fsp3) is 0.667. The van der Waals surface area contributed by atoms with Gasteiger partial charge < -0.3 is 4.74 Å². The van der Waals surface area contributed by atoms with E-state index in [-0.39, 0.29) is 11.6 Å². The topological polar surface area (TPSA) is 47.3 Å². The first-order chi connectivity index (χ1) is 7.72. The molecule has 0 saturated heterocycles. The van der Waals surface area contributed by atoms with Crippen molar-refractivity contribution in [3.8, 4) is 0 Å². The highest BCUT2D eigenvalue weighted by molar-refractivity contribution is 7.12. The lowest BCUT2D eigenvalue weighted by molar-refractivity contribution is -0.0359. The van der Waals surface area contributed by atoms with Gasteiger partial charge in [-0.1, -0.05) is 12.8 Å². The van der Waals surface area contributed by atoms with Crippen LogP contribution in [0.2, 0.25) is 0 Å². The molecule has 0 amide bonds. The molecule has 3 nitrogen and oxygen atoms in total. The van der Waals surface area contributed by atoms with Gasteiger partial charge >= 0.3 is 0 Å². The van der Waals surface area contributed by atoms with Crippen LogP contribution >= 0.6 is 11.3 Å². The van der Waals surface area contributed by atoms with E-state index >= 15 is 0 Å². The summed E-state index contributed by atoms with van der Waals surface area (Å²) in [6.07, 6.45) is 4.65. The Kier molecular flexibility index (Phi) is 3.64. The summed E-state index contributed by atoms with van der Waals surface area (Å²) in [5, 5.41) is 0. The number of hydrogen-bond acceptors (Lipinski definition) is 4. The van der Waals surface area contributed by atoms with Crippen molar-refractivity contribution in [2.45, 2.75) is 44.2 Å². The van der Waals surface area contributed by atoms with Crippen LogP contribution in [0.25, 0.3) is 0 Å². The SMILES string of the molecule is COC1(C(NN)c2ccc(C)s2)CCCC1. The lowest BCUT2D eigenvalue weighted by Crippen LogP contribution is -2.45. The van der Waals surface area contributed by atoms with Crippen molar-refractivity contribution in [2.24, 2.45) is 5.84 Å². The summed E-state index contributed by atoms with van der Waals surface area (Å²) in [6, 6.07) is 4.42. The Balaban J connectivity index is 2.27. The number of rotatable bonds is 4. The molecule has 1 aliphatic carbocycles. The number of aryl methyl sites for hydroxylation is 1. The van der Waals surface area contributed by atoms with Gasteiger partial charge in [-0.05, 0) is 31.9 Å². The van der Waals surface area contributed by atoms with E-state index in [9.17, 15) is 0 Å². The van der Waals surface area contributed by atoms with Crippen LogP contribution in [0.15, 0.2) is 12.1 Å². The van der Waals surface area contributed by atoms with Crippen molar-refractivity contribution in [3.63, 3.8) is 0 Å². The van der Waals surface area contributed by atoms with E-state index in [4.69, 9.17) is 10.6 Å². The van der Waals surface area contributed by atoms with E-state index in [1.165, 1.54) is 22.6 Å². The van der Waals surface area contributed by atoms with Gasteiger partial charge in [0.1, 0.15) is 0 Å². The maximum Gasteiger partial charge on any atom is 0.0893 e. The molecule has 0 radical (unpaired) electrons. The van der Waals surface area contributed by atoms with Gasteiger partial charge in [-0.2, -0.15) is 0 Å². The number of nitrogens with two attached hydrogens (primary N) is 1. The van der Waals surface area contributed by atoms with Crippen LogP contribution in [0.4, 0.5) is 0 Å². The molecule has 2 rings (SSSR count). The predicted molar refractivity (Wildman–Crippen MR) is 67.3 cm³/mol. The van der Waals surface area contributed by atoms with Gasteiger partial charge in [0.05, 0.1) is 11.6 Å². The molecular formula is C12H20N2OS. The molecule has 16 heavy (non-hydrogen) atoms. The number of hydrazine groups is 1. The molecule has 1 unspecified atom stereocenters. The first kappa shape index (κ1) is 12.0. The largest absolute Gasteiger partial charge is 0.376 e. The minimum Gasteiger partial charge on any atom is -0.376 e. The van der Waals surface area contributed by atoms with Gasteiger partial charge in [0.15, 0.2) is 0 Å². The Morgan fingerprint density at radius 1 is 1.44 bits per heavy atom. The quantitative estimate of drug-likeness (QED) is 0.628. The summed E-state index contributed by atoms with van der Waals surface area (Å²) in [7, 11) is 1.80. The minimum absolute atomic E-state index is 0.105. The maximum absolute atomic E-state index is 5.78. The summed E-state index contributed by atoms with van der Waals surface area (Å²) in [4.78, 5) is 2.60. The van der Waals surface area contributed by atoms with Crippen LogP contribution in [0.1, 0.15) is 41.5 Å². The molecule has 1 aromatic rings. The molecular weight excluding hydrogens is 220 g/mol. The molecule has 1 fully saturated rings. The molecule has 0 spiro atoms. The zero-order valence-corrected chi connectivity index (χ0v) is 10.8. The Morgan fingerprint density at radius 3 is 2.56 bits per heavy atom. The fourth-order valence-electron chi connectivity index (χ4n) is 2.69. The number of methoxy groups -OCH3 is 1. The zero-order valence-electron chi connectivity index (χ0n) is 9.95. The number of thiophene rings is 1. The number of ether oxygens (including phenoxy) is 1. The third kappa shape index (κ3) is 2.02. The molecule has 1 saturated carbocycles. The highest BCUT2D eigenvalue weighted by atomic mass is 32.1. The third-order valence-electron chi connectivity index (χ3n) is 3.59. The van der Waals surface area contributed by atoms with E-state index in [0.717, 1.165) is 12.8 Å². The Labute approximate surface area is 101 Å². The smallest absolute Gasteiger partial charge is 0.0893 e. The second kappa shape index (κ2) is 4.84. The van der Waals surface area contributed by atoms with Gasteiger partial charge in [0.25, 0.3) is 0 Å². The van der Waals surface area contributed by atoms with Crippen molar-refractivity contribution in [1.29, 1.82) is 0 Å². The van der Waals surface area contributed by atoms with Crippen LogP contribution in [0.5, 0.6) is 0 Å². The van der Waals surface area contributed by atoms with Crippen molar-refractivity contribution in [2.75, 3.05) is 7.11 Å². The molecule has 4 heteroatoms. The molecule has 0 aromatic carbocycles. The fourth-order valence-corrected chi connectivity index (χ4v) is 3.73. The standard InChI is InChI=1S/C12H20N2OS/c1-9-5-6-10(16-9)11(14-13)12(15-2)7-3-4-8-12/h5-6,11,14H,3-4,7-8,13H2,1-2H3. The molecule has 0 bridgehead atoms. The Morgan fingerprint density at radius 2 is 2.12 bits per heavy atom. The van der Waals surface area contributed by atoms with Crippen LogP contribution in [0, 0.1) is 6.92 Å². The van der Waals surface area contributed by atoms with E-state index in [1.807, 2.05) is 0 Å². The van der Waals surface area contributed by atoms with Crippen molar-refractivity contribution >= 4 is 11.3 Å². The van der Waals surface area contributed by atoms with Crippen LogP contribution in [-0.2, 0) is 4.74 Å². The second-order valence-electron chi connectivity index (χ2n) is 4.52. The lowest BCUT2D eigenvalue weighted by Gasteiger charge is -2.35. The van der Waals surface area contributed by atoms with Crippen molar-refractivity contribution in [3.05, 3.63) is 21.9 Å². The van der Waals surface area contributed by atoms with Gasteiger partial charge in [0.2, 0.25) is 0 Å². The van der Waals surface area contributed by atoms with Gasteiger partial charge in [-0.3, -0.25) is 5.84 Å². The summed E-state index contributed by atoms with van der Waals surface area (Å²) in [5.74, 6) is 5.73. The Bertz CT molecular complexity index is 345. The number of nitrogens with one attached hydrogen (secondary N) is 1. The van der Waals surface area contributed by atoms with E-state index in [2.05, 4.69) is 24.5 Å². The monoisotopic (exact) mass is 240 g/mol. The molecule has 1 heterocycles. The van der Waals surface area contributed by atoms with Gasteiger partial charge in [-0.25, -0.2) is 5.43 Å². The van der Waals surface area contributed by atoms with Crippen LogP contribution in [-0.4, -0.2) is 12.7 Å². The lowest BCUT2D eigenvalue weighted by atomic mass is 9.91. The minimum atomic E-state index is -0.105. The van der Waals surface area contributed by atoms with E-state index in [1.54, 1.807) is 18.4 Å². The van der Waals surface area contributed by atoms with Crippen LogP contribution in [0.3, 0.4) is 0 Å². The first-order valence-corrected chi connectivity index (χ1v) is 6.61.